The number of aromatic nitrogens is 3. The average Bonchev–Trinajstić information content (AvgIpc) is 3.12. The fourth-order valence-electron chi connectivity index (χ4n) is 3.21. The van der Waals surface area contributed by atoms with Gasteiger partial charge < -0.3 is 4.90 Å². The average molecular weight is 429 g/mol. The molecule has 0 aliphatic heterocycles. The van der Waals surface area contributed by atoms with E-state index in [0.717, 1.165) is 22.1 Å². The number of benzene rings is 2. The number of fused-ring (bicyclic) bond motifs is 3. The van der Waals surface area contributed by atoms with Crippen LogP contribution in [0.4, 0.5) is 4.39 Å². The van der Waals surface area contributed by atoms with Gasteiger partial charge in [-0.05, 0) is 36.8 Å². The molecule has 4 aromatic rings. The number of thioether (sulfide) groups is 1. The van der Waals surface area contributed by atoms with E-state index in [1.807, 2.05) is 35.6 Å². The van der Waals surface area contributed by atoms with Gasteiger partial charge in [-0.25, -0.2) is 4.39 Å². The van der Waals surface area contributed by atoms with E-state index in [4.69, 9.17) is 11.6 Å². The van der Waals surface area contributed by atoms with Crippen molar-refractivity contribution in [3.05, 3.63) is 70.5 Å². The zero-order chi connectivity index (χ0) is 20.5. The number of amides is 1. The lowest BCUT2D eigenvalue weighted by molar-refractivity contribution is -0.127. The number of carbonyl (C=O) groups is 1. The fraction of sp³-hybridized carbons (Fsp3) is 0.190. The smallest absolute Gasteiger partial charge is 0.233 e. The largest absolute Gasteiger partial charge is 0.341 e. The molecule has 0 atom stereocenters. The highest BCUT2D eigenvalue weighted by atomic mass is 35.5. The number of carbonyl (C=O) groups excluding carboxylic acids is 1. The van der Waals surface area contributed by atoms with Gasteiger partial charge in [0.1, 0.15) is 5.82 Å². The number of aryl methyl sites for hydroxylation is 1. The monoisotopic (exact) mass is 428 g/mol. The summed E-state index contributed by atoms with van der Waals surface area (Å²) in [7, 11) is 1.63. The molecular formula is C21H18ClFN4OS. The first-order valence-electron chi connectivity index (χ1n) is 8.99. The molecule has 0 saturated heterocycles. The third kappa shape index (κ3) is 3.80. The van der Waals surface area contributed by atoms with Crippen LogP contribution in [-0.2, 0) is 11.3 Å². The molecule has 0 saturated carbocycles. The van der Waals surface area contributed by atoms with E-state index >= 15 is 0 Å². The number of hydrogen-bond donors (Lipinski definition) is 0. The molecular weight excluding hydrogens is 411 g/mol. The first kappa shape index (κ1) is 19.7. The Morgan fingerprint density at radius 3 is 2.79 bits per heavy atom. The molecule has 1 amide bonds. The van der Waals surface area contributed by atoms with Crippen molar-refractivity contribution in [2.45, 2.75) is 18.6 Å². The van der Waals surface area contributed by atoms with Crippen LogP contribution in [0.3, 0.4) is 0 Å². The Labute approximate surface area is 176 Å². The molecule has 5 nitrogen and oxygen atoms in total. The van der Waals surface area contributed by atoms with Crippen molar-refractivity contribution in [2.24, 2.45) is 0 Å². The fourth-order valence-corrected chi connectivity index (χ4v) is 4.33. The first-order valence-corrected chi connectivity index (χ1v) is 10.3. The maximum atomic E-state index is 14.0. The van der Waals surface area contributed by atoms with E-state index in [-0.39, 0.29) is 18.2 Å². The summed E-state index contributed by atoms with van der Waals surface area (Å²) in [6, 6.07) is 14.5. The number of nitrogens with zero attached hydrogens (tertiary/aromatic N) is 4. The Kier molecular flexibility index (Phi) is 5.43. The van der Waals surface area contributed by atoms with Gasteiger partial charge in [-0.3, -0.25) is 9.20 Å². The van der Waals surface area contributed by atoms with Crippen molar-refractivity contribution in [3.8, 4) is 0 Å². The van der Waals surface area contributed by atoms with Crippen LogP contribution in [0.1, 0.15) is 11.1 Å². The molecule has 0 N–H and O–H groups in total. The molecule has 0 bridgehead atoms. The van der Waals surface area contributed by atoms with Crippen LogP contribution in [0.25, 0.3) is 16.6 Å². The Bertz CT molecular complexity index is 1210. The second-order valence-electron chi connectivity index (χ2n) is 6.76. The van der Waals surface area contributed by atoms with Crippen molar-refractivity contribution < 1.29 is 9.18 Å². The molecule has 0 fully saturated rings. The number of pyridine rings is 1. The van der Waals surface area contributed by atoms with Crippen LogP contribution in [-0.4, -0.2) is 38.2 Å². The number of rotatable bonds is 5. The predicted octanol–water partition coefficient (Wildman–Crippen LogP) is 4.73. The van der Waals surface area contributed by atoms with Gasteiger partial charge in [0, 0.05) is 29.6 Å². The van der Waals surface area contributed by atoms with Crippen molar-refractivity contribution in [2.75, 3.05) is 12.8 Å². The van der Waals surface area contributed by atoms with Gasteiger partial charge in [0.05, 0.1) is 11.3 Å². The topological polar surface area (TPSA) is 50.5 Å². The van der Waals surface area contributed by atoms with Crippen molar-refractivity contribution in [3.63, 3.8) is 0 Å². The summed E-state index contributed by atoms with van der Waals surface area (Å²) in [4.78, 5) is 14.1. The summed E-state index contributed by atoms with van der Waals surface area (Å²) in [6.45, 7) is 2.14. The minimum atomic E-state index is -0.421. The first-order chi connectivity index (χ1) is 14.0. The Balaban J connectivity index is 1.54. The van der Waals surface area contributed by atoms with E-state index in [1.165, 1.54) is 22.7 Å². The van der Waals surface area contributed by atoms with Gasteiger partial charge in [-0.1, -0.05) is 47.6 Å². The van der Waals surface area contributed by atoms with Crippen LogP contribution < -0.4 is 0 Å². The molecule has 0 spiro atoms. The van der Waals surface area contributed by atoms with Crippen molar-refractivity contribution >= 4 is 45.8 Å². The summed E-state index contributed by atoms with van der Waals surface area (Å²) in [5.41, 5.74) is 3.16. The minimum absolute atomic E-state index is 0.105. The predicted molar refractivity (Wildman–Crippen MR) is 114 cm³/mol. The molecule has 2 aromatic carbocycles. The van der Waals surface area contributed by atoms with Crippen LogP contribution in [0.2, 0.25) is 5.02 Å². The highest BCUT2D eigenvalue weighted by Crippen LogP contribution is 2.26. The molecule has 0 radical (unpaired) electrons. The molecule has 4 rings (SSSR count). The van der Waals surface area contributed by atoms with E-state index in [2.05, 4.69) is 16.3 Å². The summed E-state index contributed by atoms with van der Waals surface area (Å²) < 4.78 is 15.9. The highest BCUT2D eigenvalue weighted by Gasteiger charge is 2.17. The second kappa shape index (κ2) is 8.00. The van der Waals surface area contributed by atoms with E-state index in [0.29, 0.717) is 15.7 Å². The highest BCUT2D eigenvalue weighted by molar-refractivity contribution is 7.99. The Morgan fingerprint density at radius 1 is 1.21 bits per heavy atom. The van der Waals surface area contributed by atoms with Gasteiger partial charge in [0.2, 0.25) is 5.91 Å². The lowest BCUT2D eigenvalue weighted by Gasteiger charge is -2.18. The van der Waals surface area contributed by atoms with E-state index in [9.17, 15) is 9.18 Å². The normalized spacial score (nSPS) is 11.3. The Hall–Kier alpha value is -2.64. The lowest BCUT2D eigenvalue weighted by atomic mass is 10.1. The van der Waals surface area contributed by atoms with Crippen molar-refractivity contribution in [1.82, 2.24) is 19.5 Å². The summed E-state index contributed by atoms with van der Waals surface area (Å²) >= 11 is 7.37. The van der Waals surface area contributed by atoms with Crippen LogP contribution in [0.5, 0.6) is 0 Å². The quantitative estimate of drug-likeness (QED) is 0.431. The van der Waals surface area contributed by atoms with E-state index in [1.54, 1.807) is 19.2 Å². The molecule has 0 aliphatic carbocycles. The van der Waals surface area contributed by atoms with Gasteiger partial charge in [-0.2, -0.15) is 0 Å². The standard InChI is InChI=1S/C21H18ClFN4OS/c1-13-10-19-24-25-21(27(19)18-9-4-3-6-14(13)18)29-12-20(28)26(2)11-15-16(22)7-5-8-17(15)23/h3-10H,11-12H2,1-2H3. The summed E-state index contributed by atoms with van der Waals surface area (Å²) in [5.74, 6) is -0.413. The molecule has 0 aliphatic rings. The van der Waals surface area contributed by atoms with Crippen molar-refractivity contribution in [1.29, 1.82) is 0 Å². The maximum absolute atomic E-state index is 14.0. The van der Waals surface area contributed by atoms with Gasteiger partial charge in [0.25, 0.3) is 0 Å². The summed E-state index contributed by atoms with van der Waals surface area (Å²) in [6.07, 6.45) is 0. The Morgan fingerprint density at radius 2 is 2.00 bits per heavy atom. The maximum Gasteiger partial charge on any atom is 0.233 e. The molecule has 8 heteroatoms. The number of para-hydroxylation sites is 1. The zero-order valence-electron chi connectivity index (χ0n) is 15.9. The molecule has 2 aromatic heterocycles. The second-order valence-corrected chi connectivity index (χ2v) is 8.11. The number of halogens is 2. The third-order valence-corrected chi connectivity index (χ3v) is 6.05. The van der Waals surface area contributed by atoms with Gasteiger partial charge in [0.15, 0.2) is 10.8 Å². The summed E-state index contributed by atoms with van der Waals surface area (Å²) in [5, 5.41) is 10.6. The molecule has 29 heavy (non-hydrogen) atoms. The van der Waals surface area contributed by atoms with Crippen LogP contribution >= 0.6 is 23.4 Å². The minimum Gasteiger partial charge on any atom is -0.341 e. The van der Waals surface area contributed by atoms with Crippen LogP contribution in [0, 0.1) is 12.7 Å². The molecule has 2 heterocycles. The van der Waals surface area contributed by atoms with Gasteiger partial charge >= 0.3 is 0 Å². The van der Waals surface area contributed by atoms with Gasteiger partial charge in [-0.15, -0.1) is 10.2 Å². The van der Waals surface area contributed by atoms with Crippen LogP contribution in [0.15, 0.2) is 53.7 Å². The van der Waals surface area contributed by atoms with E-state index < -0.39 is 5.82 Å². The molecule has 0 unspecified atom stereocenters. The SMILES string of the molecule is Cc1cc2nnc(SCC(=O)N(C)Cc3c(F)cccc3Cl)n2c2ccccc12. The molecule has 148 valence electrons. The lowest BCUT2D eigenvalue weighted by Crippen LogP contribution is -2.28. The zero-order valence-corrected chi connectivity index (χ0v) is 17.5. The number of hydrogen-bond acceptors (Lipinski definition) is 4. The third-order valence-electron chi connectivity index (χ3n) is 4.78.